The molecule has 1 aliphatic carbocycles. The van der Waals surface area contributed by atoms with Crippen LogP contribution in [0.4, 0.5) is 0 Å². The number of hydrogen-bond acceptors (Lipinski definition) is 4. The number of amides is 1. The number of ether oxygens (including phenoxy) is 2. The lowest BCUT2D eigenvalue weighted by atomic mass is 10.2. The number of rotatable bonds is 5. The van der Waals surface area contributed by atoms with Crippen LogP contribution in [0.1, 0.15) is 26.2 Å². The largest absolute Gasteiger partial charge is 0.355 e. The van der Waals surface area contributed by atoms with Crippen molar-refractivity contribution in [3.05, 3.63) is 0 Å². The minimum absolute atomic E-state index is 0.0922. The fourth-order valence-electron chi connectivity index (χ4n) is 1.62. The zero-order valence-corrected chi connectivity index (χ0v) is 9.70. The molecule has 2 aliphatic rings. The molecule has 1 saturated heterocycles. The van der Waals surface area contributed by atoms with Crippen LogP contribution in [-0.4, -0.2) is 44.0 Å². The SMILES string of the molecule is CC(NCC1CCOCO1)C(=O)NC1CC1. The molecule has 5 heteroatoms. The summed E-state index contributed by atoms with van der Waals surface area (Å²) in [5.74, 6) is 0.0922. The van der Waals surface area contributed by atoms with Crippen molar-refractivity contribution >= 4 is 5.91 Å². The normalized spacial score (nSPS) is 27.4. The van der Waals surface area contributed by atoms with E-state index in [-0.39, 0.29) is 18.1 Å². The number of carbonyl (C=O) groups is 1. The first-order valence-corrected chi connectivity index (χ1v) is 5.99. The van der Waals surface area contributed by atoms with Gasteiger partial charge in [0.15, 0.2) is 0 Å². The van der Waals surface area contributed by atoms with E-state index in [1.165, 1.54) is 0 Å². The summed E-state index contributed by atoms with van der Waals surface area (Å²) >= 11 is 0. The van der Waals surface area contributed by atoms with Gasteiger partial charge in [-0.25, -0.2) is 0 Å². The van der Waals surface area contributed by atoms with Gasteiger partial charge in [-0.3, -0.25) is 4.79 Å². The summed E-state index contributed by atoms with van der Waals surface area (Å²) in [5.41, 5.74) is 0. The van der Waals surface area contributed by atoms with Crippen molar-refractivity contribution in [1.82, 2.24) is 10.6 Å². The molecule has 2 atom stereocenters. The van der Waals surface area contributed by atoms with E-state index in [4.69, 9.17) is 9.47 Å². The lowest BCUT2D eigenvalue weighted by molar-refractivity contribution is -0.138. The van der Waals surface area contributed by atoms with E-state index in [0.717, 1.165) is 25.9 Å². The summed E-state index contributed by atoms with van der Waals surface area (Å²) < 4.78 is 10.5. The number of nitrogens with one attached hydrogen (secondary N) is 2. The van der Waals surface area contributed by atoms with Crippen molar-refractivity contribution in [3.8, 4) is 0 Å². The van der Waals surface area contributed by atoms with E-state index in [9.17, 15) is 4.79 Å². The Hall–Kier alpha value is -0.650. The molecule has 1 amide bonds. The lowest BCUT2D eigenvalue weighted by Crippen LogP contribution is -2.46. The molecule has 92 valence electrons. The minimum atomic E-state index is -0.146. The standard InChI is InChI=1S/C11H20N2O3/c1-8(11(14)13-9-2-3-9)12-6-10-4-5-15-7-16-10/h8-10,12H,2-7H2,1H3,(H,13,14). The highest BCUT2D eigenvalue weighted by Gasteiger charge is 2.25. The highest BCUT2D eigenvalue weighted by Crippen LogP contribution is 2.18. The Morgan fingerprint density at radius 2 is 2.25 bits per heavy atom. The maximum Gasteiger partial charge on any atom is 0.237 e. The lowest BCUT2D eigenvalue weighted by Gasteiger charge is -2.24. The van der Waals surface area contributed by atoms with Crippen LogP contribution in [-0.2, 0) is 14.3 Å². The summed E-state index contributed by atoms with van der Waals surface area (Å²) in [7, 11) is 0. The van der Waals surface area contributed by atoms with Gasteiger partial charge in [-0.2, -0.15) is 0 Å². The fraction of sp³-hybridized carbons (Fsp3) is 0.909. The molecule has 0 aromatic carbocycles. The Morgan fingerprint density at radius 3 is 2.88 bits per heavy atom. The van der Waals surface area contributed by atoms with Gasteiger partial charge in [-0.05, 0) is 26.2 Å². The van der Waals surface area contributed by atoms with Gasteiger partial charge in [0.2, 0.25) is 5.91 Å². The first kappa shape index (κ1) is 11.8. The van der Waals surface area contributed by atoms with E-state index in [2.05, 4.69) is 10.6 Å². The van der Waals surface area contributed by atoms with Crippen LogP contribution in [0.25, 0.3) is 0 Å². The van der Waals surface area contributed by atoms with Gasteiger partial charge < -0.3 is 20.1 Å². The quantitative estimate of drug-likeness (QED) is 0.695. The molecule has 0 spiro atoms. The summed E-state index contributed by atoms with van der Waals surface area (Å²) in [4.78, 5) is 11.6. The summed E-state index contributed by atoms with van der Waals surface area (Å²) in [6.45, 7) is 3.71. The molecular formula is C11H20N2O3. The first-order chi connectivity index (χ1) is 7.75. The summed E-state index contributed by atoms with van der Waals surface area (Å²) in [6, 6.07) is 0.281. The van der Waals surface area contributed by atoms with Gasteiger partial charge in [-0.15, -0.1) is 0 Å². The topological polar surface area (TPSA) is 59.6 Å². The highest BCUT2D eigenvalue weighted by molar-refractivity contribution is 5.81. The third kappa shape index (κ3) is 3.73. The van der Waals surface area contributed by atoms with E-state index < -0.39 is 0 Å². The van der Waals surface area contributed by atoms with Crippen molar-refractivity contribution in [1.29, 1.82) is 0 Å². The maximum atomic E-state index is 11.6. The molecule has 2 N–H and O–H groups in total. The smallest absolute Gasteiger partial charge is 0.237 e. The van der Waals surface area contributed by atoms with Crippen molar-refractivity contribution in [3.63, 3.8) is 0 Å². The van der Waals surface area contributed by atoms with Gasteiger partial charge in [0.05, 0.1) is 18.8 Å². The van der Waals surface area contributed by atoms with Crippen molar-refractivity contribution in [2.45, 2.75) is 44.4 Å². The Labute approximate surface area is 95.9 Å². The molecule has 1 saturated carbocycles. The van der Waals surface area contributed by atoms with Gasteiger partial charge in [0.25, 0.3) is 0 Å². The second-order valence-electron chi connectivity index (χ2n) is 4.52. The summed E-state index contributed by atoms with van der Waals surface area (Å²) in [5, 5.41) is 6.17. The molecule has 2 unspecified atom stereocenters. The second kappa shape index (κ2) is 5.61. The Bertz CT molecular complexity index is 237. The first-order valence-electron chi connectivity index (χ1n) is 5.99. The summed E-state index contributed by atoms with van der Waals surface area (Å²) in [6.07, 6.45) is 3.32. The second-order valence-corrected chi connectivity index (χ2v) is 4.52. The Balaban J connectivity index is 1.61. The van der Waals surface area contributed by atoms with Crippen LogP contribution in [0.2, 0.25) is 0 Å². The van der Waals surface area contributed by atoms with Crippen LogP contribution in [0.15, 0.2) is 0 Å². The maximum absolute atomic E-state index is 11.6. The zero-order chi connectivity index (χ0) is 11.4. The van der Waals surface area contributed by atoms with Crippen molar-refractivity contribution < 1.29 is 14.3 Å². The number of carbonyl (C=O) groups excluding carboxylic acids is 1. The molecule has 2 fully saturated rings. The van der Waals surface area contributed by atoms with Gasteiger partial charge >= 0.3 is 0 Å². The third-order valence-corrected chi connectivity index (χ3v) is 2.94. The Morgan fingerprint density at radius 1 is 1.44 bits per heavy atom. The minimum Gasteiger partial charge on any atom is -0.355 e. The monoisotopic (exact) mass is 228 g/mol. The molecule has 1 heterocycles. The van der Waals surface area contributed by atoms with E-state index in [1.54, 1.807) is 0 Å². The fourth-order valence-corrected chi connectivity index (χ4v) is 1.62. The van der Waals surface area contributed by atoms with Crippen LogP contribution < -0.4 is 10.6 Å². The number of hydrogen-bond donors (Lipinski definition) is 2. The highest BCUT2D eigenvalue weighted by atomic mass is 16.7. The van der Waals surface area contributed by atoms with Crippen LogP contribution in [0.3, 0.4) is 0 Å². The van der Waals surface area contributed by atoms with Crippen LogP contribution >= 0.6 is 0 Å². The average Bonchev–Trinajstić information content (AvgIpc) is 3.11. The molecule has 0 bridgehead atoms. The molecular weight excluding hydrogens is 208 g/mol. The molecule has 2 rings (SSSR count). The average molecular weight is 228 g/mol. The van der Waals surface area contributed by atoms with Crippen LogP contribution in [0.5, 0.6) is 0 Å². The van der Waals surface area contributed by atoms with Gasteiger partial charge in [-0.1, -0.05) is 0 Å². The molecule has 5 nitrogen and oxygen atoms in total. The molecule has 0 radical (unpaired) electrons. The zero-order valence-electron chi connectivity index (χ0n) is 9.70. The van der Waals surface area contributed by atoms with Crippen molar-refractivity contribution in [2.75, 3.05) is 19.9 Å². The van der Waals surface area contributed by atoms with Gasteiger partial charge in [0.1, 0.15) is 6.79 Å². The molecule has 16 heavy (non-hydrogen) atoms. The Kier molecular flexibility index (Phi) is 4.15. The predicted molar refractivity (Wildman–Crippen MR) is 58.9 cm³/mol. The van der Waals surface area contributed by atoms with E-state index >= 15 is 0 Å². The third-order valence-electron chi connectivity index (χ3n) is 2.94. The van der Waals surface area contributed by atoms with Gasteiger partial charge in [0, 0.05) is 12.6 Å². The van der Waals surface area contributed by atoms with E-state index in [0.29, 0.717) is 19.4 Å². The van der Waals surface area contributed by atoms with E-state index in [1.807, 2.05) is 6.92 Å². The van der Waals surface area contributed by atoms with Crippen LogP contribution in [0, 0.1) is 0 Å². The molecule has 0 aromatic rings. The molecule has 1 aliphatic heterocycles. The van der Waals surface area contributed by atoms with Crippen molar-refractivity contribution in [2.24, 2.45) is 0 Å². The predicted octanol–water partition coefficient (Wildman–Crippen LogP) is 0.00610. The molecule has 0 aromatic heterocycles.